The maximum atomic E-state index is 12.9. The molecule has 4 heterocycles. The smallest absolute Gasteiger partial charge is 0.352 e. The highest BCUT2D eigenvalue weighted by molar-refractivity contribution is 8.00. The Morgan fingerprint density at radius 1 is 1.22 bits per heavy atom. The largest absolute Gasteiger partial charge is 0.477 e. The van der Waals surface area contributed by atoms with Crippen LogP contribution in [0.2, 0.25) is 0 Å². The third kappa shape index (κ3) is 3.55. The highest BCUT2D eigenvalue weighted by Gasteiger charge is 2.62. The van der Waals surface area contributed by atoms with E-state index in [4.69, 9.17) is 0 Å². The van der Waals surface area contributed by atoms with Crippen LogP contribution in [0, 0.1) is 11.8 Å². The number of carboxylic acids is 1. The van der Waals surface area contributed by atoms with Crippen LogP contribution in [-0.4, -0.2) is 99.2 Å². The van der Waals surface area contributed by atoms with Crippen molar-refractivity contribution >= 4 is 29.5 Å². The van der Waals surface area contributed by atoms with Crippen molar-refractivity contribution in [1.29, 1.82) is 0 Å². The standard InChI is InChI=1S/C22H32N4O5S/c1-11(27)16-18-13-3-2-4-15(17(13)19(22(30)31)26(18)21(16)29)32-12-9-14(24-10-12)20(28)25-7-5-23-6-8-25/h11-16,18,23-24,27H,2-10H2,1H3,(H,30,31)/t11-,12+,13-,14+,15+,16-,18-/m1/s1. The molecular formula is C22H32N4O5S. The number of β-lactam (4-membered cyclic amide) rings is 1. The first-order chi connectivity index (χ1) is 15.4. The molecule has 0 unspecified atom stereocenters. The van der Waals surface area contributed by atoms with Crippen LogP contribution in [0.4, 0.5) is 0 Å². The fraction of sp³-hybridized carbons (Fsp3) is 0.773. The zero-order valence-corrected chi connectivity index (χ0v) is 19.1. The van der Waals surface area contributed by atoms with E-state index in [2.05, 4.69) is 10.6 Å². The topological polar surface area (TPSA) is 122 Å². The van der Waals surface area contributed by atoms with E-state index in [1.165, 1.54) is 4.90 Å². The van der Waals surface area contributed by atoms with Crippen LogP contribution >= 0.6 is 11.8 Å². The lowest BCUT2D eigenvalue weighted by Crippen LogP contribution is -2.64. The monoisotopic (exact) mass is 464 g/mol. The minimum atomic E-state index is -1.05. The number of rotatable bonds is 5. The number of aliphatic carboxylic acids is 1. The zero-order chi connectivity index (χ0) is 22.6. The molecule has 1 aliphatic carbocycles. The molecule has 5 aliphatic rings. The minimum Gasteiger partial charge on any atom is -0.477 e. The Morgan fingerprint density at radius 2 is 1.97 bits per heavy atom. The molecule has 2 amide bonds. The highest BCUT2D eigenvalue weighted by Crippen LogP contribution is 2.54. The molecule has 9 nitrogen and oxygen atoms in total. The second-order valence-electron chi connectivity index (χ2n) is 9.63. The molecule has 0 aromatic carbocycles. The number of nitrogens with zero attached hydrogens (tertiary/aromatic N) is 2. The SMILES string of the molecule is C[C@@H](O)[C@H]1C(=O)N2C(C(=O)O)=C3[C@@H](S[C@@H]4CN[C@H](C(=O)N5CCNCC5)C4)CCC[C@H]3[C@H]12. The van der Waals surface area contributed by atoms with Gasteiger partial charge in [0.1, 0.15) is 5.70 Å². The van der Waals surface area contributed by atoms with Crippen LogP contribution in [0.1, 0.15) is 32.6 Å². The number of carbonyl (C=O) groups is 3. The fourth-order valence-electron chi connectivity index (χ4n) is 6.31. The normalized spacial score (nSPS) is 37.8. The first kappa shape index (κ1) is 22.2. The van der Waals surface area contributed by atoms with Crippen molar-refractivity contribution in [3.63, 3.8) is 0 Å². The molecule has 5 rings (SSSR count). The van der Waals surface area contributed by atoms with E-state index in [-0.39, 0.29) is 46.0 Å². The molecule has 3 saturated heterocycles. The summed E-state index contributed by atoms with van der Waals surface area (Å²) in [5.41, 5.74) is 1.03. The molecule has 0 aromatic heterocycles. The Labute approximate surface area is 191 Å². The average Bonchev–Trinajstić information content (AvgIpc) is 3.35. The summed E-state index contributed by atoms with van der Waals surface area (Å²) in [7, 11) is 0. The van der Waals surface area contributed by atoms with Gasteiger partial charge in [-0.3, -0.25) is 9.59 Å². The van der Waals surface area contributed by atoms with E-state index in [1.54, 1.807) is 18.7 Å². The Bertz CT molecular complexity index is 842. The van der Waals surface area contributed by atoms with Crippen molar-refractivity contribution in [2.45, 2.75) is 61.3 Å². The summed E-state index contributed by atoms with van der Waals surface area (Å²) in [6, 6.07) is -0.404. The summed E-state index contributed by atoms with van der Waals surface area (Å²) < 4.78 is 0. The lowest BCUT2D eigenvalue weighted by Gasteiger charge is -2.47. The number of aliphatic hydroxyl groups is 1. The molecule has 4 N–H and O–H groups in total. The van der Waals surface area contributed by atoms with Gasteiger partial charge in [-0.05, 0) is 31.8 Å². The summed E-state index contributed by atoms with van der Waals surface area (Å²) in [6.07, 6.45) is 2.68. The molecule has 176 valence electrons. The maximum absolute atomic E-state index is 12.9. The lowest BCUT2D eigenvalue weighted by atomic mass is 9.72. The third-order valence-corrected chi connectivity index (χ3v) is 9.30. The number of hydrogen-bond acceptors (Lipinski definition) is 7. The van der Waals surface area contributed by atoms with Crippen molar-refractivity contribution in [1.82, 2.24) is 20.4 Å². The quantitative estimate of drug-likeness (QED) is 0.406. The van der Waals surface area contributed by atoms with Gasteiger partial charge in [0, 0.05) is 49.1 Å². The van der Waals surface area contributed by atoms with Gasteiger partial charge in [0.05, 0.1) is 24.1 Å². The molecule has 0 radical (unpaired) electrons. The first-order valence-corrected chi connectivity index (χ1v) is 12.7. The Balaban J connectivity index is 1.30. The predicted octanol–water partition coefficient (Wildman–Crippen LogP) is -0.389. The molecule has 4 fully saturated rings. The van der Waals surface area contributed by atoms with E-state index >= 15 is 0 Å². The summed E-state index contributed by atoms with van der Waals surface area (Å²) in [4.78, 5) is 41.1. The van der Waals surface area contributed by atoms with Gasteiger partial charge in [0.25, 0.3) is 0 Å². The van der Waals surface area contributed by atoms with E-state index in [0.717, 1.165) is 64.0 Å². The van der Waals surface area contributed by atoms with Gasteiger partial charge in [-0.2, -0.15) is 0 Å². The van der Waals surface area contributed by atoms with Gasteiger partial charge < -0.3 is 30.6 Å². The summed E-state index contributed by atoms with van der Waals surface area (Å²) in [5.74, 6) is -1.65. The average molecular weight is 465 g/mol. The molecule has 0 spiro atoms. The van der Waals surface area contributed by atoms with E-state index in [9.17, 15) is 24.6 Å². The zero-order valence-electron chi connectivity index (χ0n) is 18.3. The van der Waals surface area contributed by atoms with Crippen LogP contribution in [-0.2, 0) is 14.4 Å². The molecule has 0 aromatic rings. The Kier molecular flexibility index (Phi) is 5.98. The van der Waals surface area contributed by atoms with Gasteiger partial charge >= 0.3 is 5.97 Å². The fourth-order valence-corrected chi connectivity index (χ4v) is 8.01. The van der Waals surface area contributed by atoms with Gasteiger partial charge in [0.15, 0.2) is 0 Å². The van der Waals surface area contributed by atoms with Crippen molar-refractivity contribution in [2.75, 3.05) is 32.7 Å². The van der Waals surface area contributed by atoms with Crippen LogP contribution in [0.3, 0.4) is 0 Å². The Hall–Kier alpha value is -1.62. The number of nitrogens with one attached hydrogen (secondary N) is 2. The highest BCUT2D eigenvalue weighted by atomic mass is 32.2. The van der Waals surface area contributed by atoms with Crippen LogP contribution in [0.5, 0.6) is 0 Å². The van der Waals surface area contributed by atoms with E-state index < -0.39 is 18.0 Å². The molecule has 0 bridgehead atoms. The van der Waals surface area contributed by atoms with Crippen molar-refractivity contribution < 1.29 is 24.6 Å². The Morgan fingerprint density at radius 3 is 2.66 bits per heavy atom. The first-order valence-electron chi connectivity index (χ1n) is 11.7. The second-order valence-corrected chi connectivity index (χ2v) is 11.1. The minimum absolute atomic E-state index is 0.0114. The van der Waals surface area contributed by atoms with Crippen LogP contribution < -0.4 is 10.6 Å². The van der Waals surface area contributed by atoms with Crippen molar-refractivity contribution in [3.05, 3.63) is 11.3 Å². The molecule has 1 saturated carbocycles. The number of amides is 2. The predicted molar refractivity (Wildman–Crippen MR) is 119 cm³/mol. The van der Waals surface area contributed by atoms with E-state index in [1.807, 2.05) is 4.90 Å². The van der Waals surface area contributed by atoms with Gasteiger partial charge in [-0.1, -0.05) is 6.42 Å². The maximum Gasteiger partial charge on any atom is 0.352 e. The molecular weight excluding hydrogens is 432 g/mol. The van der Waals surface area contributed by atoms with Gasteiger partial charge in [-0.15, -0.1) is 11.8 Å². The number of carbonyl (C=O) groups excluding carboxylic acids is 2. The summed E-state index contributed by atoms with van der Waals surface area (Å²) >= 11 is 1.77. The molecule has 32 heavy (non-hydrogen) atoms. The van der Waals surface area contributed by atoms with Crippen LogP contribution in [0.15, 0.2) is 11.3 Å². The molecule has 4 aliphatic heterocycles. The number of carboxylic acid groups (broad SMARTS) is 1. The second kappa shape index (κ2) is 8.62. The number of hydrogen-bond donors (Lipinski definition) is 4. The van der Waals surface area contributed by atoms with Gasteiger partial charge in [-0.25, -0.2) is 4.79 Å². The molecule has 10 heteroatoms. The van der Waals surface area contributed by atoms with Gasteiger partial charge in [0.2, 0.25) is 11.8 Å². The summed E-state index contributed by atoms with van der Waals surface area (Å²) in [6.45, 7) is 5.49. The third-order valence-electron chi connectivity index (χ3n) is 7.74. The number of aliphatic hydroxyl groups excluding tert-OH is 1. The van der Waals surface area contributed by atoms with Crippen LogP contribution in [0.25, 0.3) is 0 Å². The number of piperazine rings is 1. The van der Waals surface area contributed by atoms with Crippen molar-refractivity contribution in [2.24, 2.45) is 11.8 Å². The number of fused-ring (bicyclic) bond motifs is 3. The van der Waals surface area contributed by atoms with Crippen molar-refractivity contribution in [3.8, 4) is 0 Å². The summed E-state index contributed by atoms with van der Waals surface area (Å²) in [5, 5.41) is 27.0. The molecule has 7 atom stereocenters. The lowest BCUT2D eigenvalue weighted by molar-refractivity contribution is -0.163. The van der Waals surface area contributed by atoms with E-state index in [0.29, 0.717) is 0 Å². The number of thioether (sulfide) groups is 1.